The van der Waals surface area contributed by atoms with E-state index in [1.54, 1.807) is 17.9 Å². The number of sulfonamides is 1. The van der Waals surface area contributed by atoms with Gasteiger partial charge in [0.25, 0.3) is 10.0 Å². The van der Waals surface area contributed by atoms with Crippen LogP contribution in [0.5, 0.6) is 0 Å². The van der Waals surface area contributed by atoms with Gasteiger partial charge in [-0.15, -0.1) is 11.3 Å². The highest BCUT2D eigenvalue weighted by atomic mass is 32.2. The second kappa shape index (κ2) is 5.21. The van der Waals surface area contributed by atoms with Gasteiger partial charge in [0.15, 0.2) is 0 Å². The number of hydrogen-bond donors (Lipinski definition) is 0. The third kappa shape index (κ3) is 2.27. The quantitative estimate of drug-likeness (QED) is 0.733. The highest BCUT2D eigenvalue weighted by molar-refractivity contribution is 7.93. The Morgan fingerprint density at radius 1 is 1.17 bits per heavy atom. The fourth-order valence-electron chi connectivity index (χ4n) is 2.92. The molecule has 0 amide bonds. The average Bonchev–Trinajstić information content (AvgIpc) is 3.25. The molecule has 0 spiro atoms. The summed E-state index contributed by atoms with van der Waals surface area (Å²) in [6.45, 7) is 0.473. The van der Waals surface area contributed by atoms with Crippen LogP contribution < -0.4 is 4.31 Å². The van der Waals surface area contributed by atoms with E-state index in [2.05, 4.69) is 5.10 Å². The van der Waals surface area contributed by atoms with Crippen LogP contribution in [0.1, 0.15) is 5.56 Å². The molecule has 1 aliphatic rings. The molecule has 2 aromatic heterocycles. The Balaban J connectivity index is 1.85. The maximum absolute atomic E-state index is 13.2. The molecule has 1 aliphatic heterocycles. The van der Waals surface area contributed by atoms with Gasteiger partial charge >= 0.3 is 0 Å². The fourth-order valence-corrected chi connectivity index (χ4v) is 5.39. The van der Waals surface area contributed by atoms with Gasteiger partial charge in [-0.1, -0.05) is 24.3 Å². The zero-order valence-corrected chi connectivity index (χ0v) is 14.1. The summed E-state index contributed by atoms with van der Waals surface area (Å²) >= 11 is 1.49. The molecule has 118 valence electrons. The van der Waals surface area contributed by atoms with Crippen LogP contribution in [0.4, 0.5) is 5.69 Å². The zero-order chi connectivity index (χ0) is 16.0. The molecule has 0 radical (unpaired) electrons. The lowest BCUT2D eigenvalue weighted by Crippen LogP contribution is -2.29. The number of nitrogens with zero attached hydrogens (tertiary/aromatic N) is 3. The second-order valence-corrected chi connectivity index (χ2v) is 8.23. The molecule has 23 heavy (non-hydrogen) atoms. The largest absolute Gasteiger partial charge is 0.274 e. The number of para-hydroxylation sites is 1. The first-order valence-electron chi connectivity index (χ1n) is 7.25. The summed E-state index contributed by atoms with van der Waals surface area (Å²) in [4.78, 5) is 1.12. The van der Waals surface area contributed by atoms with E-state index in [-0.39, 0.29) is 4.90 Å². The number of fused-ring (bicyclic) bond motifs is 1. The summed E-state index contributed by atoms with van der Waals surface area (Å²) in [6, 6.07) is 11.4. The van der Waals surface area contributed by atoms with Crippen LogP contribution in [-0.2, 0) is 23.5 Å². The van der Waals surface area contributed by atoms with E-state index in [1.165, 1.54) is 15.6 Å². The molecule has 0 bridgehead atoms. The number of aromatic nitrogens is 2. The number of anilines is 1. The molecule has 0 unspecified atom stereocenters. The smallest absolute Gasteiger partial charge is 0.268 e. The molecule has 3 heterocycles. The number of aryl methyl sites for hydroxylation is 1. The van der Waals surface area contributed by atoms with Crippen molar-refractivity contribution in [1.29, 1.82) is 0 Å². The van der Waals surface area contributed by atoms with Crippen LogP contribution in [0.2, 0.25) is 0 Å². The van der Waals surface area contributed by atoms with Crippen molar-refractivity contribution in [3.05, 3.63) is 53.5 Å². The molecule has 0 N–H and O–H groups in total. The summed E-state index contributed by atoms with van der Waals surface area (Å²) in [5, 5.41) is 6.29. The molecular formula is C16H15N3O2S2. The maximum atomic E-state index is 13.2. The minimum Gasteiger partial charge on any atom is -0.274 e. The SMILES string of the molecule is Cn1cc(S(=O)(=O)N2CCc3ccccc32)c(-c2cccs2)n1. The Morgan fingerprint density at radius 2 is 2.00 bits per heavy atom. The molecule has 4 rings (SSSR count). The highest BCUT2D eigenvalue weighted by Gasteiger charge is 2.34. The van der Waals surface area contributed by atoms with Crippen molar-refractivity contribution < 1.29 is 8.42 Å². The molecule has 7 heteroatoms. The standard InChI is InChI=1S/C16H15N3O2S2/c1-18-11-15(16(17-18)14-7-4-10-22-14)23(20,21)19-9-8-12-5-2-3-6-13(12)19/h2-7,10-11H,8-9H2,1H3. The van der Waals surface area contributed by atoms with Crippen molar-refractivity contribution >= 4 is 27.0 Å². The third-order valence-corrected chi connectivity index (χ3v) is 6.65. The molecule has 1 aromatic carbocycles. The monoisotopic (exact) mass is 345 g/mol. The van der Waals surface area contributed by atoms with Gasteiger partial charge in [-0.3, -0.25) is 8.99 Å². The predicted octanol–water partition coefficient (Wildman–Crippen LogP) is 2.90. The first-order chi connectivity index (χ1) is 11.1. The Morgan fingerprint density at radius 3 is 2.78 bits per heavy atom. The molecular weight excluding hydrogens is 330 g/mol. The Kier molecular flexibility index (Phi) is 3.28. The van der Waals surface area contributed by atoms with Gasteiger partial charge in [-0.25, -0.2) is 8.42 Å². The van der Waals surface area contributed by atoms with Crippen molar-refractivity contribution in [2.75, 3.05) is 10.8 Å². The van der Waals surface area contributed by atoms with Crippen LogP contribution in [0.3, 0.4) is 0 Å². The first kappa shape index (κ1) is 14.5. The number of thiophene rings is 1. The summed E-state index contributed by atoms with van der Waals surface area (Å²) < 4.78 is 29.5. The van der Waals surface area contributed by atoms with E-state index in [4.69, 9.17) is 0 Å². The van der Waals surface area contributed by atoms with Crippen molar-refractivity contribution in [3.8, 4) is 10.6 Å². The van der Waals surface area contributed by atoms with Crippen LogP contribution in [0, 0.1) is 0 Å². The number of rotatable bonds is 3. The Labute approximate surface area is 138 Å². The summed E-state index contributed by atoms with van der Waals surface area (Å²) in [5.41, 5.74) is 2.36. The summed E-state index contributed by atoms with van der Waals surface area (Å²) in [5.74, 6) is 0. The second-order valence-electron chi connectivity index (χ2n) is 5.45. The topological polar surface area (TPSA) is 55.2 Å². The van der Waals surface area contributed by atoms with E-state index in [1.807, 2.05) is 41.8 Å². The molecule has 3 aromatic rings. The molecule has 0 saturated heterocycles. The normalized spacial score (nSPS) is 14.2. The van der Waals surface area contributed by atoms with Gasteiger partial charge < -0.3 is 0 Å². The van der Waals surface area contributed by atoms with E-state index in [0.717, 1.165) is 22.5 Å². The Hall–Kier alpha value is -2.12. The lowest BCUT2D eigenvalue weighted by molar-refractivity contribution is 0.592. The van der Waals surface area contributed by atoms with Crippen molar-refractivity contribution in [2.45, 2.75) is 11.3 Å². The predicted molar refractivity (Wildman–Crippen MR) is 91.2 cm³/mol. The highest BCUT2D eigenvalue weighted by Crippen LogP contribution is 2.36. The molecule has 0 aliphatic carbocycles. The molecule has 0 atom stereocenters. The third-order valence-electron chi connectivity index (χ3n) is 3.96. The fraction of sp³-hybridized carbons (Fsp3) is 0.188. The van der Waals surface area contributed by atoms with Crippen LogP contribution in [0.15, 0.2) is 52.9 Å². The van der Waals surface area contributed by atoms with E-state index in [9.17, 15) is 8.42 Å². The van der Waals surface area contributed by atoms with E-state index in [0.29, 0.717) is 12.2 Å². The molecule has 0 saturated carbocycles. The minimum absolute atomic E-state index is 0.263. The Bertz CT molecular complexity index is 959. The maximum Gasteiger partial charge on any atom is 0.268 e. The lowest BCUT2D eigenvalue weighted by atomic mass is 10.2. The van der Waals surface area contributed by atoms with Crippen LogP contribution in [0.25, 0.3) is 10.6 Å². The van der Waals surface area contributed by atoms with E-state index < -0.39 is 10.0 Å². The summed E-state index contributed by atoms with van der Waals surface area (Å²) in [7, 11) is -1.89. The van der Waals surface area contributed by atoms with Crippen LogP contribution in [-0.4, -0.2) is 24.7 Å². The van der Waals surface area contributed by atoms with Crippen molar-refractivity contribution in [3.63, 3.8) is 0 Å². The first-order valence-corrected chi connectivity index (χ1v) is 9.57. The van der Waals surface area contributed by atoms with Gasteiger partial charge in [0.05, 0.1) is 10.6 Å². The number of benzene rings is 1. The van der Waals surface area contributed by atoms with Crippen LogP contribution >= 0.6 is 11.3 Å². The lowest BCUT2D eigenvalue weighted by Gasteiger charge is -2.19. The van der Waals surface area contributed by atoms with Crippen molar-refractivity contribution in [1.82, 2.24) is 9.78 Å². The van der Waals surface area contributed by atoms with Crippen molar-refractivity contribution in [2.24, 2.45) is 7.05 Å². The van der Waals surface area contributed by atoms with E-state index >= 15 is 0 Å². The van der Waals surface area contributed by atoms with Gasteiger partial charge in [-0.2, -0.15) is 5.10 Å². The zero-order valence-electron chi connectivity index (χ0n) is 12.5. The molecule has 5 nitrogen and oxygen atoms in total. The van der Waals surface area contributed by atoms with Gasteiger partial charge in [0.1, 0.15) is 10.6 Å². The van der Waals surface area contributed by atoms with Gasteiger partial charge in [0, 0.05) is 19.8 Å². The van der Waals surface area contributed by atoms with Gasteiger partial charge in [-0.05, 0) is 29.5 Å². The number of hydrogen-bond acceptors (Lipinski definition) is 4. The minimum atomic E-state index is -3.63. The van der Waals surface area contributed by atoms with Gasteiger partial charge in [0.2, 0.25) is 0 Å². The average molecular weight is 345 g/mol. The summed E-state index contributed by atoms with van der Waals surface area (Å²) in [6.07, 6.45) is 2.33. The molecule has 0 fully saturated rings.